The van der Waals surface area contributed by atoms with Gasteiger partial charge in [0.2, 0.25) is 0 Å². The zero-order valence-electron chi connectivity index (χ0n) is 9.32. The Labute approximate surface area is 100 Å². The number of hydrogen-bond donors (Lipinski definition) is 4. The van der Waals surface area contributed by atoms with Gasteiger partial charge < -0.3 is 15.3 Å². The number of hydrogen-bond acceptors (Lipinski definition) is 4. The molecular formula is C10H11N5O3. The number of H-pyrrole nitrogens is 3. The van der Waals surface area contributed by atoms with E-state index in [1.165, 1.54) is 0 Å². The summed E-state index contributed by atoms with van der Waals surface area (Å²) < 4.78 is 0. The van der Waals surface area contributed by atoms with E-state index in [1.54, 1.807) is 12.5 Å². The monoisotopic (exact) mass is 249 g/mol. The van der Waals surface area contributed by atoms with Gasteiger partial charge in [-0.05, 0) is 0 Å². The molecule has 94 valence electrons. The van der Waals surface area contributed by atoms with E-state index in [9.17, 15) is 14.4 Å². The third-order valence-corrected chi connectivity index (χ3v) is 2.30. The van der Waals surface area contributed by atoms with Crippen molar-refractivity contribution in [1.29, 1.82) is 0 Å². The van der Waals surface area contributed by atoms with E-state index in [-0.39, 0.29) is 5.56 Å². The Balaban J connectivity index is 1.95. The van der Waals surface area contributed by atoms with Crippen molar-refractivity contribution in [1.82, 2.24) is 25.3 Å². The van der Waals surface area contributed by atoms with Crippen molar-refractivity contribution in [3.05, 3.63) is 50.8 Å². The first-order valence-corrected chi connectivity index (χ1v) is 5.24. The molecule has 1 amide bonds. The summed E-state index contributed by atoms with van der Waals surface area (Å²) in [5.74, 6) is -0.535. The summed E-state index contributed by atoms with van der Waals surface area (Å²) in [6, 6.07) is 0. The van der Waals surface area contributed by atoms with Crippen LogP contribution in [0.15, 0.2) is 28.3 Å². The minimum absolute atomic E-state index is 0.126. The number of carbonyl (C=O) groups excluding carboxylic acids is 1. The smallest absolute Gasteiger partial charge is 0.325 e. The molecule has 0 unspecified atom stereocenters. The molecule has 8 nitrogen and oxygen atoms in total. The van der Waals surface area contributed by atoms with Gasteiger partial charge in [0, 0.05) is 31.1 Å². The number of aromatic amines is 3. The second-order valence-corrected chi connectivity index (χ2v) is 3.57. The zero-order chi connectivity index (χ0) is 13.0. The Morgan fingerprint density at radius 1 is 1.33 bits per heavy atom. The van der Waals surface area contributed by atoms with E-state index in [1.807, 2.05) is 4.98 Å². The Morgan fingerprint density at radius 3 is 2.83 bits per heavy atom. The second-order valence-electron chi connectivity index (χ2n) is 3.57. The van der Waals surface area contributed by atoms with Crippen molar-refractivity contribution in [2.24, 2.45) is 0 Å². The maximum Gasteiger partial charge on any atom is 0.325 e. The SMILES string of the molecule is O=C(NCCc1cnc[nH]1)c1c[nH]c(=O)[nH]c1=O. The van der Waals surface area contributed by atoms with Crippen molar-refractivity contribution < 1.29 is 4.79 Å². The molecule has 0 radical (unpaired) electrons. The molecular weight excluding hydrogens is 238 g/mol. The molecule has 4 N–H and O–H groups in total. The van der Waals surface area contributed by atoms with Gasteiger partial charge in [-0.15, -0.1) is 0 Å². The predicted octanol–water partition coefficient (Wildman–Crippen LogP) is -1.24. The van der Waals surface area contributed by atoms with E-state index in [4.69, 9.17) is 0 Å². The van der Waals surface area contributed by atoms with Crippen LogP contribution in [0, 0.1) is 0 Å². The second kappa shape index (κ2) is 5.13. The van der Waals surface area contributed by atoms with Crippen molar-refractivity contribution in [2.75, 3.05) is 6.54 Å². The molecule has 0 fully saturated rings. The highest BCUT2D eigenvalue weighted by Gasteiger charge is 2.09. The van der Waals surface area contributed by atoms with Crippen molar-refractivity contribution in [3.8, 4) is 0 Å². The summed E-state index contributed by atoms with van der Waals surface area (Å²) in [6.07, 6.45) is 4.86. The van der Waals surface area contributed by atoms with Crippen LogP contribution in [0.1, 0.15) is 16.1 Å². The average molecular weight is 249 g/mol. The molecule has 2 aromatic rings. The molecule has 18 heavy (non-hydrogen) atoms. The maximum absolute atomic E-state index is 11.6. The standard InChI is InChI=1S/C10H11N5O3/c16-8(7-4-13-10(18)15-9(7)17)12-2-1-6-3-11-5-14-6/h3-5H,1-2H2,(H,11,14)(H,12,16)(H2,13,15,17,18). The fourth-order valence-electron chi connectivity index (χ4n) is 1.41. The quantitative estimate of drug-likeness (QED) is 0.541. The van der Waals surface area contributed by atoms with E-state index in [2.05, 4.69) is 20.3 Å². The molecule has 0 bridgehead atoms. The lowest BCUT2D eigenvalue weighted by Gasteiger charge is -2.02. The molecule has 0 aliphatic carbocycles. The summed E-state index contributed by atoms with van der Waals surface area (Å²) in [7, 11) is 0. The zero-order valence-corrected chi connectivity index (χ0v) is 9.32. The number of amides is 1. The fraction of sp³-hybridized carbons (Fsp3) is 0.200. The third kappa shape index (κ3) is 2.73. The first-order valence-electron chi connectivity index (χ1n) is 5.24. The minimum atomic E-state index is -0.710. The average Bonchev–Trinajstić information content (AvgIpc) is 2.81. The molecule has 0 atom stereocenters. The number of carbonyl (C=O) groups is 1. The van der Waals surface area contributed by atoms with E-state index < -0.39 is 17.2 Å². The van der Waals surface area contributed by atoms with Gasteiger partial charge in [-0.2, -0.15) is 0 Å². The largest absolute Gasteiger partial charge is 0.351 e. The summed E-state index contributed by atoms with van der Waals surface area (Å²) in [4.78, 5) is 44.7. The molecule has 0 aliphatic heterocycles. The van der Waals surface area contributed by atoms with Crippen molar-refractivity contribution >= 4 is 5.91 Å². The highest BCUT2D eigenvalue weighted by Crippen LogP contribution is 1.91. The van der Waals surface area contributed by atoms with Crippen LogP contribution in [0.25, 0.3) is 0 Å². The first-order chi connectivity index (χ1) is 8.66. The fourth-order valence-corrected chi connectivity index (χ4v) is 1.41. The van der Waals surface area contributed by atoms with Crippen LogP contribution in [0.4, 0.5) is 0 Å². The molecule has 0 aromatic carbocycles. The van der Waals surface area contributed by atoms with Crippen LogP contribution < -0.4 is 16.6 Å². The van der Waals surface area contributed by atoms with Crippen molar-refractivity contribution in [2.45, 2.75) is 6.42 Å². The molecule has 2 heterocycles. The van der Waals surface area contributed by atoms with E-state index in [0.717, 1.165) is 11.9 Å². The van der Waals surface area contributed by atoms with Gasteiger partial charge in [0.15, 0.2) is 0 Å². The van der Waals surface area contributed by atoms with Gasteiger partial charge in [-0.25, -0.2) is 9.78 Å². The lowest BCUT2D eigenvalue weighted by Crippen LogP contribution is -2.34. The van der Waals surface area contributed by atoms with Crippen LogP contribution in [-0.2, 0) is 6.42 Å². The highest BCUT2D eigenvalue weighted by molar-refractivity contribution is 5.93. The topological polar surface area (TPSA) is 123 Å². The van der Waals surface area contributed by atoms with Gasteiger partial charge >= 0.3 is 5.69 Å². The maximum atomic E-state index is 11.6. The van der Waals surface area contributed by atoms with Gasteiger partial charge in [0.05, 0.1) is 6.33 Å². The minimum Gasteiger partial charge on any atom is -0.351 e. The van der Waals surface area contributed by atoms with Crippen LogP contribution in [0.2, 0.25) is 0 Å². The molecule has 2 rings (SSSR count). The van der Waals surface area contributed by atoms with Gasteiger partial charge in [0.25, 0.3) is 11.5 Å². The molecule has 0 aliphatic rings. The molecule has 2 aromatic heterocycles. The van der Waals surface area contributed by atoms with E-state index in [0.29, 0.717) is 13.0 Å². The first kappa shape index (κ1) is 11.8. The normalized spacial score (nSPS) is 10.2. The molecule has 8 heteroatoms. The van der Waals surface area contributed by atoms with Gasteiger partial charge in [-0.1, -0.05) is 0 Å². The Kier molecular flexibility index (Phi) is 3.37. The molecule has 0 spiro atoms. The van der Waals surface area contributed by atoms with Crippen LogP contribution in [0.3, 0.4) is 0 Å². The summed E-state index contributed by atoms with van der Waals surface area (Å²) in [5.41, 5.74) is -0.600. The van der Waals surface area contributed by atoms with Gasteiger partial charge in [0.1, 0.15) is 5.56 Å². The van der Waals surface area contributed by atoms with E-state index >= 15 is 0 Å². The van der Waals surface area contributed by atoms with Crippen molar-refractivity contribution in [3.63, 3.8) is 0 Å². The summed E-state index contributed by atoms with van der Waals surface area (Å²) in [5, 5.41) is 2.57. The number of imidazole rings is 1. The molecule has 0 saturated carbocycles. The number of nitrogens with zero attached hydrogens (tertiary/aromatic N) is 1. The highest BCUT2D eigenvalue weighted by atomic mass is 16.2. The van der Waals surface area contributed by atoms with Gasteiger partial charge in [-0.3, -0.25) is 14.6 Å². The summed E-state index contributed by atoms with van der Waals surface area (Å²) in [6.45, 7) is 0.361. The molecule has 0 saturated heterocycles. The Hall–Kier alpha value is -2.64. The lowest BCUT2D eigenvalue weighted by molar-refractivity contribution is 0.0952. The van der Waals surface area contributed by atoms with Crippen LogP contribution in [0.5, 0.6) is 0 Å². The van der Waals surface area contributed by atoms with Crippen LogP contribution in [-0.4, -0.2) is 32.4 Å². The van der Waals surface area contributed by atoms with Crippen LogP contribution >= 0.6 is 0 Å². The Morgan fingerprint density at radius 2 is 2.17 bits per heavy atom. The predicted molar refractivity (Wildman–Crippen MR) is 62.3 cm³/mol. The number of nitrogens with one attached hydrogen (secondary N) is 4. The Bertz CT molecular complexity index is 640. The number of rotatable bonds is 4. The summed E-state index contributed by atoms with van der Waals surface area (Å²) >= 11 is 0. The lowest BCUT2D eigenvalue weighted by atomic mass is 10.3. The number of aromatic nitrogens is 4. The third-order valence-electron chi connectivity index (χ3n) is 2.30.